The summed E-state index contributed by atoms with van der Waals surface area (Å²) in [5.74, 6) is -0.584. The van der Waals surface area contributed by atoms with E-state index >= 15 is 0 Å². The van der Waals surface area contributed by atoms with Gasteiger partial charge in [-0.3, -0.25) is 19.4 Å². The first kappa shape index (κ1) is 26.2. The molecule has 0 bridgehead atoms. The zero-order valence-corrected chi connectivity index (χ0v) is 22.7. The summed E-state index contributed by atoms with van der Waals surface area (Å²) in [7, 11) is -2.02. The van der Waals surface area contributed by atoms with Gasteiger partial charge < -0.3 is 9.16 Å². The molecular weight excluding hydrogens is 448 g/mol. The zero-order chi connectivity index (χ0) is 25.5. The van der Waals surface area contributed by atoms with Gasteiger partial charge in [0.15, 0.2) is 8.32 Å². The maximum absolute atomic E-state index is 13.0. The van der Waals surface area contributed by atoms with E-state index in [9.17, 15) is 14.4 Å². The van der Waals surface area contributed by atoms with Crippen molar-refractivity contribution in [2.75, 3.05) is 13.1 Å². The molecule has 0 aromatic heterocycles. The predicted molar refractivity (Wildman–Crippen MR) is 134 cm³/mol. The van der Waals surface area contributed by atoms with E-state index < -0.39 is 13.9 Å². The predicted octanol–water partition coefficient (Wildman–Crippen LogP) is 5.24. The Hall–Kier alpha value is -2.45. The fraction of sp³-hybridized carbons (Fsp3) is 0.577. The number of likely N-dealkylation sites (tertiary alicyclic amines) is 1. The fourth-order valence-electron chi connectivity index (χ4n) is 3.95. The molecule has 2 heterocycles. The lowest BCUT2D eigenvalue weighted by molar-refractivity contribution is 0.0236. The third-order valence-corrected chi connectivity index (χ3v) is 11.3. The van der Waals surface area contributed by atoms with Gasteiger partial charge in [-0.05, 0) is 57.5 Å². The summed E-state index contributed by atoms with van der Waals surface area (Å²) in [5, 5.41) is 0.0587. The molecule has 186 valence electrons. The van der Waals surface area contributed by atoms with Crippen LogP contribution in [0.15, 0.2) is 36.4 Å². The minimum Gasteiger partial charge on any atom is -0.444 e. The van der Waals surface area contributed by atoms with Gasteiger partial charge in [-0.25, -0.2) is 4.79 Å². The summed E-state index contributed by atoms with van der Waals surface area (Å²) in [4.78, 5) is 41.2. The number of benzene rings is 1. The normalized spacial score (nSPS) is 21.5. The molecule has 3 amide bonds. The number of carbonyl (C=O) groups is 3. The maximum Gasteiger partial charge on any atom is 0.410 e. The van der Waals surface area contributed by atoms with Gasteiger partial charge in [0.2, 0.25) is 0 Å². The van der Waals surface area contributed by atoms with Crippen molar-refractivity contribution in [1.82, 2.24) is 9.80 Å². The van der Waals surface area contributed by atoms with E-state index in [2.05, 4.69) is 33.9 Å². The van der Waals surface area contributed by atoms with Crippen LogP contribution in [0.2, 0.25) is 18.1 Å². The maximum atomic E-state index is 13.0. The monoisotopic (exact) mass is 486 g/mol. The van der Waals surface area contributed by atoms with Crippen molar-refractivity contribution < 1.29 is 23.5 Å². The molecule has 3 rings (SSSR count). The second kappa shape index (κ2) is 9.30. The largest absolute Gasteiger partial charge is 0.444 e. The highest BCUT2D eigenvalue weighted by Gasteiger charge is 2.44. The Labute approximate surface area is 204 Å². The van der Waals surface area contributed by atoms with Crippen LogP contribution in [-0.2, 0) is 9.16 Å². The van der Waals surface area contributed by atoms with Crippen LogP contribution in [-0.4, -0.2) is 66.9 Å². The van der Waals surface area contributed by atoms with Gasteiger partial charge in [0, 0.05) is 13.1 Å². The number of rotatable bonds is 5. The lowest BCUT2D eigenvalue weighted by Gasteiger charge is -2.38. The standard InChI is InChI=1S/C26H38N2O5Si/c1-25(2,3)32-24(31)28-17-19(33-34(7,8)26(4,5)6)16-18(28)12-11-15-27-22(29)20-13-9-10-14-21(20)23(27)30/h9-14,18-19H,15-17H2,1-8H3/b12-11+/t18-,19-/m1/s1. The number of hydrogen-bond donors (Lipinski definition) is 0. The lowest BCUT2D eigenvalue weighted by atomic mass is 10.1. The van der Waals surface area contributed by atoms with Gasteiger partial charge in [-0.2, -0.15) is 0 Å². The van der Waals surface area contributed by atoms with E-state index in [1.165, 1.54) is 4.90 Å². The Kier molecular flexibility index (Phi) is 7.16. The van der Waals surface area contributed by atoms with Gasteiger partial charge in [0.1, 0.15) is 5.60 Å². The first-order valence-corrected chi connectivity index (χ1v) is 14.8. The quantitative estimate of drug-likeness (QED) is 0.323. The molecule has 2 aliphatic heterocycles. The Bertz CT molecular complexity index is 955. The third-order valence-electron chi connectivity index (χ3n) is 6.72. The molecule has 1 aromatic carbocycles. The van der Waals surface area contributed by atoms with Crippen molar-refractivity contribution in [3.05, 3.63) is 47.5 Å². The molecule has 2 atom stereocenters. The number of hydrogen-bond acceptors (Lipinski definition) is 5. The average Bonchev–Trinajstić information content (AvgIpc) is 3.20. The van der Waals surface area contributed by atoms with E-state index in [0.717, 1.165) is 0 Å². The molecule has 1 fully saturated rings. The van der Waals surface area contributed by atoms with E-state index in [0.29, 0.717) is 24.1 Å². The van der Waals surface area contributed by atoms with Crippen molar-refractivity contribution in [3.63, 3.8) is 0 Å². The molecule has 0 saturated carbocycles. The summed E-state index contributed by atoms with van der Waals surface area (Å²) in [6.45, 7) is 17.1. The van der Waals surface area contributed by atoms with Crippen LogP contribution in [0.1, 0.15) is 68.7 Å². The Morgan fingerprint density at radius 2 is 1.62 bits per heavy atom. The number of imide groups is 1. The van der Waals surface area contributed by atoms with Crippen LogP contribution < -0.4 is 0 Å². The number of carbonyl (C=O) groups excluding carboxylic acids is 3. The lowest BCUT2D eigenvalue weighted by Crippen LogP contribution is -2.45. The number of ether oxygens (including phenoxy) is 1. The number of amides is 3. The van der Waals surface area contributed by atoms with Crippen molar-refractivity contribution in [1.29, 1.82) is 0 Å². The third kappa shape index (κ3) is 5.60. The highest BCUT2D eigenvalue weighted by Crippen LogP contribution is 2.39. The zero-order valence-electron chi connectivity index (χ0n) is 21.7. The molecule has 1 aromatic rings. The molecule has 0 N–H and O–H groups in total. The van der Waals surface area contributed by atoms with Crippen LogP contribution in [0.4, 0.5) is 4.79 Å². The van der Waals surface area contributed by atoms with Crippen molar-refractivity contribution in [2.45, 2.75) is 83.8 Å². The topological polar surface area (TPSA) is 76.2 Å². The molecule has 34 heavy (non-hydrogen) atoms. The fourth-order valence-corrected chi connectivity index (χ4v) is 5.30. The molecular formula is C26H38N2O5Si. The Morgan fingerprint density at radius 3 is 2.12 bits per heavy atom. The minimum atomic E-state index is -2.02. The van der Waals surface area contributed by atoms with Crippen LogP contribution in [0.5, 0.6) is 0 Å². The molecule has 8 heteroatoms. The second-order valence-electron chi connectivity index (χ2n) is 11.6. The van der Waals surface area contributed by atoms with Gasteiger partial charge in [0.25, 0.3) is 11.8 Å². The molecule has 0 unspecified atom stereocenters. The highest BCUT2D eigenvalue weighted by molar-refractivity contribution is 6.74. The molecule has 0 aliphatic carbocycles. The van der Waals surface area contributed by atoms with Crippen LogP contribution in [0, 0.1) is 0 Å². The van der Waals surface area contributed by atoms with E-state index in [-0.39, 0.29) is 41.6 Å². The molecule has 0 radical (unpaired) electrons. The number of fused-ring (bicyclic) bond motifs is 1. The highest BCUT2D eigenvalue weighted by atomic mass is 28.4. The number of nitrogens with zero attached hydrogens (tertiary/aromatic N) is 2. The summed E-state index contributed by atoms with van der Waals surface area (Å²) in [6, 6.07) is 6.61. The first-order valence-electron chi connectivity index (χ1n) is 11.9. The van der Waals surface area contributed by atoms with Crippen LogP contribution in [0.25, 0.3) is 0 Å². The average molecular weight is 487 g/mol. The summed E-state index contributed by atoms with van der Waals surface area (Å²) >= 11 is 0. The molecule has 2 aliphatic rings. The Balaban J connectivity index is 1.74. The summed E-state index contributed by atoms with van der Waals surface area (Å²) < 4.78 is 12.2. The van der Waals surface area contributed by atoms with E-state index in [1.807, 2.05) is 26.8 Å². The van der Waals surface area contributed by atoms with Crippen molar-refractivity contribution >= 4 is 26.2 Å². The molecule has 1 saturated heterocycles. The van der Waals surface area contributed by atoms with Crippen molar-refractivity contribution in [3.8, 4) is 0 Å². The van der Waals surface area contributed by atoms with Gasteiger partial charge in [0.05, 0.1) is 23.3 Å². The SMILES string of the molecule is CC(C)(C)OC(=O)N1C[C@H](O[Si](C)(C)C(C)(C)C)C[C@H]1/C=C/CN1C(=O)c2ccccc2C1=O. The summed E-state index contributed by atoms with van der Waals surface area (Å²) in [5.41, 5.74) is 0.254. The Morgan fingerprint density at radius 1 is 1.06 bits per heavy atom. The summed E-state index contributed by atoms with van der Waals surface area (Å²) in [6.07, 6.45) is 3.84. The first-order chi connectivity index (χ1) is 15.6. The van der Waals surface area contributed by atoms with Crippen molar-refractivity contribution in [2.24, 2.45) is 0 Å². The van der Waals surface area contributed by atoms with E-state index in [1.54, 1.807) is 35.2 Å². The minimum absolute atomic E-state index is 0.0587. The van der Waals surface area contributed by atoms with Gasteiger partial charge in [-0.15, -0.1) is 0 Å². The second-order valence-corrected chi connectivity index (χ2v) is 16.4. The van der Waals surface area contributed by atoms with Gasteiger partial charge >= 0.3 is 6.09 Å². The van der Waals surface area contributed by atoms with Crippen LogP contribution in [0.3, 0.4) is 0 Å². The molecule has 7 nitrogen and oxygen atoms in total. The van der Waals surface area contributed by atoms with Gasteiger partial charge in [-0.1, -0.05) is 45.1 Å². The molecule has 0 spiro atoms. The smallest absolute Gasteiger partial charge is 0.410 e. The van der Waals surface area contributed by atoms with E-state index in [4.69, 9.17) is 9.16 Å². The van der Waals surface area contributed by atoms with Crippen LogP contribution >= 0.6 is 0 Å².